The zero-order valence-corrected chi connectivity index (χ0v) is 26.6. The lowest BCUT2D eigenvalue weighted by Crippen LogP contribution is -2.09. The Bertz CT molecular complexity index is 1500. The monoisotopic (exact) mass is 588 g/mol. The van der Waals surface area contributed by atoms with Crippen LogP contribution in [0.3, 0.4) is 0 Å². The van der Waals surface area contributed by atoms with Crippen molar-refractivity contribution in [2.24, 2.45) is 9.98 Å². The molecule has 0 unspecified atom stereocenters. The van der Waals surface area contributed by atoms with E-state index in [1.165, 1.54) is 5.56 Å². The summed E-state index contributed by atoms with van der Waals surface area (Å²) in [5.74, 6) is 0.618. The van der Waals surface area contributed by atoms with Crippen molar-refractivity contribution in [3.63, 3.8) is 0 Å². The predicted octanol–water partition coefficient (Wildman–Crippen LogP) is 10.1. The molecule has 0 radical (unpaired) electrons. The van der Waals surface area contributed by atoms with E-state index in [-0.39, 0.29) is 12.1 Å². The molecule has 0 saturated heterocycles. The fourth-order valence-corrected chi connectivity index (χ4v) is 5.57. The number of para-hydroxylation sites is 1. The molecule has 4 aromatic carbocycles. The van der Waals surface area contributed by atoms with Crippen molar-refractivity contribution in [1.82, 2.24) is 0 Å². The Labute approximate surface area is 264 Å². The van der Waals surface area contributed by atoms with Crippen LogP contribution >= 0.6 is 0 Å². The van der Waals surface area contributed by atoms with Crippen molar-refractivity contribution in [3.05, 3.63) is 130 Å². The Kier molecular flexibility index (Phi) is 12.8. The van der Waals surface area contributed by atoms with Crippen molar-refractivity contribution < 1.29 is 10.2 Å². The number of phenols is 2. The van der Waals surface area contributed by atoms with Gasteiger partial charge in [-0.25, -0.2) is 0 Å². The maximum atomic E-state index is 11.3. The van der Waals surface area contributed by atoms with E-state index in [4.69, 9.17) is 9.98 Å². The van der Waals surface area contributed by atoms with E-state index < -0.39 is 0 Å². The van der Waals surface area contributed by atoms with Crippen LogP contribution in [0.25, 0.3) is 0 Å². The third kappa shape index (κ3) is 8.92. The minimum Gasteiger partial charge on any atom is -0.507 e. The normalized spacial score (nSPS) is 13.1. The molecule has 0 fully saturated rings. The molecule has 4 nitrogen and oxygen atoms in total. The Morgan fingerprint density at radius 3 is 1.61 bits per heavy atom. The van der Waals surface area contributed by atoms with Gasteiger partial charge in [-0.2, -0.15) is 0 Å². The lowest BCUT2D eigenvalue weighted by Gasteiger charge is -2.22. The molecule has 230 valence electrons. The minimum atomic E-state index is -0.349. The summed E-state index contributed by atoms with van der Waals surface area (Å²) in [7, 11) is 0. The molecule has 0 spiro atoms. The number of aryl methyl sites for hydroxylation is 3. The fraction of sp³-hybridized carbons (Fsp3) is 0.350. The third-order valence-electron chi connectivity index (χ3n) is 8.18. The molecule has 44 heavy (non-hydrogen) atoms. The summed E-state index contributed by atoms with van der Waals surface area (Å²) in [4.78, 5) is 10.3. The van der Waals surface area contributed by atoms with Gasteiger partial charge >= 0.3 is 0 Å². The summed E-state index contributed by atoms with van der Waals surface area (Å²) < 4.78 is 0. The molecule has 4 rings (SSSR count). The van der Waals surface area contributed by atoms with Crippen LogP contribution < -0.4 is 0 Å². The van der Waals surface area contributed by atoms with Crippen LogP contribution in [0, 0.1) is 0 Å². The molecule has 2 N–H and O–H groups in total. The molecule has 0 aliphatic heterocycles. The first-order valence-corrected chi connectivity index (χ1v) is 16.4. The van der Waals surface area contributed by atoms with E-state index in [0.717, 1.165) is 85.6 Å². The van der Waals surface area contributed by atoms with E-state index >= 15 is 0 Å². The first-order valence-electron chi connectivity index (χ1n) is 16.4. The summed E-state index contributed by atoms with van der Waals surface area (Å²) >= 11 is 0. The van der Waals surface area contributed by atoms with E-state index in [9.17, 15) is 10.2 Å². The summed E-state index contributed by atoms with van der Waals surface area (Å²) in [6.07, 6.45) is 12.7. The number of aromatic hydroxyl groups is 2. The van der Waals surface area contributed by atoms with Crippen molar-refractivity contribution >= 4 is 12.4 Å². The van der Waals surface area contributed by atoms with Gasteiger partial charge < -0.3 is 10.2 Å². The summed E-state index contributed by atoms with van der Waals surface area (Å²) in [5, 5.41) is 22.4. The predicted molar refractivity (Wildman–Crippen MR) is 186 cm³/mol. The van der Waals surface area contributed by atoms with Crippen molar-refractivity contribution in [2.45, 2.75) is 90.6 Å². The first-order chi connectivity index (χ1) is 21.5. The zero-order chi connectivity index (χ0) is 31.1. The van der Waals surface area contributed by atoms with Crippen LogP contribution in [-0.4, -0.2) is 22.6 Å². The van der Waals surface area contributed by atoms with Gasteiger partial charge in [0, 0.05) is 23.6 Å². The minimum absolute atomic E-state index is 0.296. The van der Waals surface area contributed by atoms with Crippen LogP contribution in [0.2, 0.25) is 0 Å². The maximum Gasteiger partial charge on any atom is 0.127 e. The molecule has 0 aromatic heterocycles. The molecular weight excluding hydrogens is 540 g/mol. The molecule has 0 aliphatic rings. The highest BCUT2D eigenvalue weighted by Crippen LogP contribution is 2.37. The highest BCUT2D eigenvalue weighted by Gasteiger charge is 2.24. The second kappa shape index (κ2) is 17.2. The molecule has 0 aliphatic carbocycles. The average molecular weight is 589 g/mol. The lowest BCUT2D eigenvalue weighted by atomic mass is 9.93. The highest BCUT2D eigenvalue weighted by atomic mass is 16.3. The summed E-state index contributed by atoms with van der Waals surface area (Å²) in [6, 6.07) is 29.9. The number of phenolic OH excluding ortho intramolecular Hbond substituents is 2. The molecule has 0 amide bonds. The van der Waals surface area contributed by atoms with Gasteiger partial charge in [0.05, 0.1) is 0 Å². The Balaban J connectivity index is 1.79. The number of rotatable bonds is 16. The fourth-order valence-electron chi connectivity index (χ4n) is 5.57. The van der Waals surface area contributed by atoms with Gasteiger partial charge in [0.25, 0.3) is 0 Å². The second-order valence-corrected chi connectivity index (χ2v) is 11.6. The quantitative estimate of drug-likeness (QED) is 0.128. The summed E-state index contributed by atoms with van der Waals surface area (Å²) in [6.45, 7) is 6.54. The van der Waals surface area contributed by atoms with Crippen molar-refractivity contribution in [1.29, 1.82) is 0 Å². The van der Waals surface area contributed by atoms with E-state index in [2.05, 4.69) is 57.2 Å². The standard InChI is InChI=1S/C40H48N2O2/c1-4-7-17-30-26-34(19-9-6-3)40(44)36(27-30)29-42-38(32-22-14-11-15-23-32)37(31-20-12-10-13-21-31)41-28-35-25-16-24-33(39(35)43)18-8-5-2/h10-16,20-29,37-38,43-44H,4-9,17-19H2,1-3H3/b41-28+,42-29+/t37-,38-/m1/s1. The van der Waals surface area contributed by atoms with Crippen LogP contribution in [0.5, 0.6) is 11.5 Å². The van der Waals surface area contributed by atoms with Gasteiger partial charge in [0.2, 0.25) is 0 Å². The van der Waals surface area contributed by atoms with E-state index in [1.54, 1.807) is 6.21 Å². The number of hydrogen-bond acceptors (Lipinski definition) is 4. The highest BCUT2D eigenvalue weighted by molar-refractivity contribution is 5.85. The number of nitrogens with zero attached hydrogens (tertiary/aromatic N) is 2. The largest absolute Gasteiger partial charge is 0.507 e. The van der Waals surface area contributed by atoms with Gasteiger partial charge in [-0.05, 0) is 78.5 Å². The molecule has 0 bridgehead atoms. The van der Waals surface area contributed by atoms with Gasteiger partial charge in [-0.15, -0.1) is 0 Å². The van der Waals surface area contributed by atoms with Crippen LogP contribution in [0.1, 0.15) is 110 Å². The molecule has 0 heterocycles. The first kappa shape index (κ1) is 32.7. The van der Waals surface area contributed by atoms with Crippen LogP contribution in [0.15, 0.2) is 101 Å². The Morgan fingerprint density at radius 1 is 0.545 bits per heavy atom. The maximum absolute atomic E-state index is 11.3. The average Bonchev–Trinajstić information content (AvgIpc) is 3.06. The number of unbranched alkanes of at least 4 members (excludes halogenated alkanes) is 3. The Morgan fingerprint density at radius 2 is 1.05 bits per heavy atom. The second-order valence-electron chi connectivity index (χ2n) is 11.6. The number of aliphatic imine (C=N–C) groups is 2. The number of hydrogen-bond donors (Lipinski definition) is 2. The SMILES string of the molecule is CCCCc1cc(/C=N/[C@H](c2ccccc2)[C@H](/N=C/c2cccc(CCCC)c2O)c2ccccc2)c(O)c(CCCC)c1. The smallest absolute Gasteiger partial charge is 0.127 e. The molecule has 4 aromatic rings. The van der Waals surface area contributed by atoms with Crippen molar-refractivity contribution in [3.8, 4) is 11.5 Å². The van der Waals surface area contributed by atoms with Crippen LogP contribution in [0.4, 0.5) is 0 Å². The van der Waals surface area contributed by atoms with Gasteiger partial charge in [0.15, 0.2) is 0 Å². The van der Waals surface area contributed by atoms with Crippen molar-refractivity contribution in [2.75, 3.05) is 0 Å². The Hall–Kier alpha value is -4.18. The van der Waals surface area contributed by atoms with Crippen LogP contribution in [-0.2, 0) is 19.3 Å². The van der Waals surface area contributed by atoms with E-state index in [0.29, 0.717) is 17.1 Å². The van der Waals surface area contributed by atoms with E-state index in [1.807, 2.05) is 60.8 Å². The van der Waals surface area contributed by atoms with Gasteiger partial charge in [0.1, 0.15) is 23.6 Å². The van der Waals surface area contributed by atoms with Gasteiger partial charge in [-0.3, -0.25) is 9.98 Å². The van der Waals surface area contributed by atoms with Gasteiger partial charge in [-0.1, -0.05) is 119 Å². The molecule has 2 atom stereocenters. The number of benzene rings is 4. The zero-order valence-electron chi connectivity index (χ0n) is 26.6. The molecule has 4 heteroatoms. The summed E-state index contributed by atoms with van der Waals surface area (Å²) in [5.41, 5.74) is 6.70. The lowest BCUT2D eigenvalue weighted by molar-refractivity contribution is 0.465. The molecule has 0 saturated carbocycles. The topological polar surface area (TPSA) is 65.2 Å². The molecular formula is C40H48N2O2. The third-order valence-corrected chi connectivity index (χ3v) is 8.18.